The van der Waals surface area contributed by atoms with Gasteiger partial charge in [-0.3, -0.25) is 0 Å². The van der Waals surface area contributed by atoms with Gasteiger partial charge in [-0.05, 0) is 12.8 Å². The predicted molar refractivity (Wildman–Crippen MR) is 58.1 cm³/mol. The molecule has 0 unspecified atom stereocenters. The quantitative estimate of drug-likeness (QED) is 0.651. The van der Waals surface area contributed by atoms with Gasteiger partial charge in [-0.1, -0.05) is 0 Å². The van der Waals surface area contributed by atoms with Crippen molar-refractivity contribution >= 4 is 10.2 Å². The van der Waals surface area contributed by atoms with Gasteiger partial charge in [0.2, 0.25) is 0 Å². The van der Waals surface area contributed by atoms with E-state index in [9.17, 15) is 8.42 Å². The van der Waals surface area contributed by atoms with Crippen molar-refractivity contribution in [3.63, 3.8) is 0 Å². The molecule has 0 aromatic heterocycles. The third-order valence-corrected chi connectivity index (χ3v) is 4.79. The first-order valence-electron chi connectivity index (χ1n) is 5.51. The molecule has 6 nitrogen and oxygen atoms in total. The summed E-state index contributed by atoms with van der Waals surface area (Å²) in [7, 11) is -3.39. The van der Waals surface area contributed by atoms with Crippen molar-refractivity contribution in [1.29, 1.82) is 0 Å². The topological polar surface area (TPSA) is 78.9 Å². The van der Waals surface area contributed by atoms with Crippen LogP contribution in [0.1, 0.15) is 12.8 Å². The molecule has 2 rings (SSSR count). The van der Waals surface area contributed by atoms with Crippen molar-refractivity contribution in [2.75, 3.05) is 39.5 Å². The van der Waals surface area contributed by atoms with E-state index in [0.29, 0.717) is 32.8 Å². The lowest BCUT2D eigenvalue weighted by Gasteiger charge is -2.26. The highest BCUT2D eigenvalue weighted by molar-refractivity contribution is 7.87. The van der Waals surface area contributed by atoms with E-state index in [1.165, 1.54) is 4.31 Å². The average Bonchev–Trinajstić information content (AvgIpc) is 3.09. The van der Waals surface area contributed by atoms with Gasteiger partial charge in [-0.25, -0.2) is 4.72 Å². The molecule has 1 saturated carbocycles. The zero-order chi connectivity index (χ0) is 11.6. The van der Waals surface area contributed by atoms with E-state index in [4.69, 9.17) is 9.84 Å². The third-order valence-electron chi connectivity index (χ3n) is 3.23. The Hall–Kier alpha value is -0.210. The number of aliphatic hydroxyl groups is 1. The monoisotopic (exact) mass is 250 g/mol. The number of hydrogen-bond donors (Lipinski definition) is 2. The summed E-state index contributed by atoms with van der Waals surface area (Å²) in [5.41, 5.74) is -0.195. The Bertz CT molecular complexity index is 333. The minimum Gasteiger partial charge on any atom is -0.396 e. The van der Waals surface area contributed by atoms with Crippen LogP contribution in [0, 0.1) is 5.41 Å². The molecule has 0 spiro atoms. The zero-order valence-electron chi connectivity index (χ0n) is 9.18. The van der Waals surface area contributed by atoms with E-state index in [0.717, 1.165) is 12.8 Å². The Morgan fingerprint density at radius 1 is 1.31 bits per heavy atom. The second-order valence-electron chi connectivity index (χ2n) is 4.50. The van der Waals surface area contributed by atoms with E-state index in [1.807, 2.05) is 0 Å². The largest absolute Gasteiger partial charge is 0.396 e. The first kappa shape index (κ1) is 12.3. The normalized spacial score (nSPS) is 25.6. The van der Waals surface area contributed by atoms with Crippen LogP contribution in [0.2, 0.25) is 0 Å². The molecule has 0 aromatic carbocycles. The highest BCUT2D eigenvalue weighted by Gasteiger charge is 2.43. The van der Waals surface area contributed by atoms with Crippen LogP contribution in [0.5, 0.6) is 0 Å². The summed E-state index contributed by atoms with van der Waals surface area (Å²) < 4.78 is 32.8. The van der Waals surface area contributed by atoms with Gasteiger partial charge in [-0.15, -0.1) is 0 Å². The maximum absolute atomic E-state index is 11.9. The van der Waals surface area contributed by atoms with Crippen molar-refractivity contribution in [2.24, 2.45) is 5.41 Å². The highest BCUT2D eigenvalue weighted by Crippen LogP contribution is 2.44. The van der Waals surface area contributed by atoms with E-state index in [2.05, 4.69) is 4.72 Å². The number of ether oxygens (including phenoxy) is 1. The molecule has 1 aliphatic carbocycles. The first-order valence-corrected chi connectivity index (χ1v) is 6.95. The molecule has 94 valence electrons. The number of hydrogen-bond acceptors (Lipinski definition) is 4. The van der Waals surface area contributed by atoms with Crippen LogP contribution < -0.4 is 4.72 Å². The van der Waals surface area contributed by atoms with Crippen molar-refractivity contribution in [3.05, 3.63) is 0 Å². The number of aliphatic hydroxyl groups excluding tert-OH is 1. The molecule has 2 fully saturated rings. The van der Waals surface area contributed by atoms with Gasteiger partial charge >= 0.3 is 0 Å². The molecule has 0 radical (unpaired) electrons. The van der Waals surface area contributed by atoms with E-state index >= 15 is 0 Å². The number of rotatable bonds is 5. The summed E-state index contributed by atoms with van der Waals surface area (Å²) in [6.45, 7) is 2.10. The van der Waals surface area contributed by atoms with Gasteiger partial charge in [0.1, 0.15) is 0 Å². The van der Waals surface area contributed by atoms with Gasteiger partial charge in [0.25, 0.3) is 10.2 Å². The van der Waals surface area contributed by atoms with E-state index in [1.54, 1.807) is 0 Å². The van der Waals surface area contributed by atoms with Gasteiger partial charge in [0.15, 0.2) is 0 Å². The predicted octanol–water partition coefficient (Wildman–Crippen LogP) is -1.07. The van der Waals surface area contributed by atoms with Crippen LogP contribution in [0.3, 0.4) is 0 Å². The third kappa shape index (κ3) is 2.72. The van der Waals surface area contributed by atoms with Crippen molar-refractivity contribution in [3.8, 4) is 0 Å². The minimum absolute atomic E-state index is 0.0542. The molecule has 0 bridgehead atoms. The Labute approximate surface area is 95.8 Å². The molecular weight excluding hydrogens is 232 g/mol. The van der Waals surface area contributed by atoms with Crippen molar-refractivity contribution in [1.82, 2.24) is 9.03 Å². The van der Waals surface area contributed by atoms with E-state index < -0.39 is 10.2 Å². The SMILES string of the molecule is O=S(=O)(NCC1(CO)CC1)N1CCOCC1. The van der Waals surface area contributed by atoms with Gasteiger partial charge in [-0.2, -0.15) is 12.7 Å². The molecule has 2 N–H and O–H groups in total. The summed E-state index contributed by atoms with van der Waals surface area (Å²) in [5, 5.41) is 9.10. The fraction of sp³-hybridized carbons (Fsp3) is 1.00. The molecule has 7 heteroatoms. The molecule has 0 amide bonds. The summed E-state index contributed by atoms with van der Waals surface area (Å²) >= 11 is 0. The fourth-order valence-corrected chi connectivity index (χ4v) is 2.99. The van der Waals surface area contributed by atoms with Crippen LogP contribution in [0.15, 0.2) is 0 Å². The maximum Gasteiger partial charge on any atom is 0.279 e. The minimum atomic E-state index is -3.39. The second-order valence-corrected chi connectivity index (χ2v) is 6.25. The maximum atomic E-state index is 11.9. The van der Waals surface area contributed by atoms with Crippen molar-refractivity contribution < 1.29 is 18.3 Å². The van der Waals surface area contributed by atoms with Gasteiger partial charge < -0.3 is 9.84 Å². The zero-order valence-corrected chi connectivity index (χ0v) is 10.0. The van der Waals surface area contributed by atoms with Gasteiger partial charge in [0.05, 0.1) is 13.2 Å². The number of nitrogens with one attached hydrogen (secondary N) is 1. The molecule has 16 heavy (non-hydrogen) atoms. The molecule has 0 aromatic rings. The van der Waals surface area contributed by atoms with Crippen LogP contribution >= 0.6 is 0 Å². The van der Waals surface area contributed by atoms with Crippen LogP contribution in [-0.2, 0) is 14.9 Å². The van der Waals surface area contributed by atoms with Crippen LogP contribution in [0.25, 0.3) is 0 Å². The molecule has 1 saturated heterocycles. The second kappa shape index (κ2) is 4.58. The fourth-order valence-electron chi connectivity index (χ4n) is 1.69. The number of nitrogens with zero attached hydrogens (tertiary/aromatic N) is 1. The van der Waals surface area contributed by atoms with Crippen LogP contribution in [-0.4, -0.2) is 57.3 Å². The Morgan fingerprint density at radius 3 is 2.44 bits per heavy atom. The Balaban J connectivity index is 1.87. The average molecular weight is 250 g/mol. The molecule has 2 aliphatic rings. The smallest absolute Gasteiger partial charge is 0.279 e. The molecule has 1 heterocycles. The Morgan fingerprint density at radius 2 is 1.94 bits per heavy atom. The summed E-state index contributed by atoms with van der Waals surface area (Å²) in [6, 6.07) is 0. The molecular formula is C9H18N2O4S. The number of morpholine rings is 1. The summed E-state index contributed by atoms with van der Waals surface area (Å²) in [5.74, 6) is 0. The summed E-state index contributed by atoms with van der Waals surface area (Å²) in [4.78, 5) is 0. The standard InChI is InChI=1S/C9H18N2O4S/c12-8-9(1-2-9)7-10-16(13,14)11-3-5-15-6-4-11/h10,12H,1-8H2. The highest BCUT2D eigenvalue weighted by atomic mass is 32.2. The van der Waals surface area contributed by atoms with Crippen molar-refractivity contribution in [2.45, 2.75) is 12.8 Å². The Kier molecular flexibility index (Phi) is 3.50. The molecule has 1 aliphatic heterocycles. The van der Waals surface area contributed by atoms with E-state index in [-0.39, 0.29) is 12.0 Å². The van der Waals surface area contributed by atoms with Gasteiger partial charge in [0, 0.05) is 31.7 Å². The molecule has 0 atom stereocenters. The lowest BCUT2D eigenvalue weighted by Crippen LogP contribution is -2.48. The summed E-state index contributed by atoms with van der Waals surface area (Å²) in [6.07, 6.45) is 1.80. The lowest BCUT2D eigenvalue weighted by atomic mass is 10.1. The van der Waals surface area contributed by atoms with Crippen LogP contribution in [0.4, 0.5) is 0 Å². The first-order chi connectivity index (χ1) is 7.58. The lowest BCUT2D eigenvalue weighted by molar-refractivity contribution is 0.0723.